The fourth-order valence-corrected chi connectivity index (χ4v) is 2.86. The minimum atomic E-state index is -0.427. The number of rotatable bonds is 4. The van der Waals surface area contributed by atoms with Gasteiger partial charge in [0.1, 0.15) is 11.6 Å². The van der Waals surface area contributed by atoms with E-state index in [9.17, 15) is 8.78 Å². The quantitative estimate of drug-likeness (QED) is 0.813. The molecule has 20 heavy (non-hydrogen) atoms. The Hall–Kier alpha value is -1.26. The standard InChI is InChI=1S/C16H16BrF2N/c1-10(13-5-3-4-6-15(13)17)20-11(2)14-9-12(18)7-8-16(14)19/h3-11,20H,1-2H3/t10-,11?/m1/s1. The van der Waals surface area contributed by atoms with Gasteiger partial charge in [0.05, 0.1) is 0 Å². The Balaban J connectivity index is 2.17. The van der Waals surface area contributed by atoms with E-state index < -0.39 is 11.6 Å². The van der Waals surface area contributed by atoms with Crippen LogP contribution >= 0.6 is 15.9 Å². The van der Waals surface area contributed by atoms with E-state index in [4.69, 9.17) is 0 Å². The van der Waals surface area contributed by atoms with Gasteiger partial charge in [-0.2, -0.15) is 0 Å². The molecule has 2 aromatic rings. The summed E-state index contributed by atoms with van der Waals surface area (Å²) < 4.78 is 28.0. The average molecular weight is 340 g/mol. The maximum atomic E-state index is 13.7. The number of benzene rings is 2. The molecular formula is C16H16BrF2N. The zero-order valence-corrected chi connectivity index (χ0v) is 12.9. The first-order chi connectivity index (χ1) is 9.49. The number of halogens is 3. The van der Waals surface area contributed by atoms with Gasteiger partial charge < -0.3 is 5.32 Å². The predicted octanol–water partition coefficient (Wildman–Crippen LogP) is 5.14. The first kappa shape index (κ1) is 15.1. The van der Waals surface area contributed by atoms with E-state index in [1.54, 1.807) is 0 Å². The van der Waals surface area contributed by atoms with E-state index in [1.165, 1.54) is 6.07 Å². The number of hydrogen-bond acceptors (Lipinski definition) is 1. The summed E-state index contributed by atoms with van der Waals surface area (Å²) in [6.45, 7) is 3.82. The van der Waals surface area contributed by atoms with E-state index >= 15 is 0 Å². The van der Waals surface area contributed by atoms with Crippen molar-refractivity contribution in [2.75, 3.05) is 0 Å². The van der Waals surface area contributed by atoms with Crippen LogP contribution in [0.5, 0.6) is 0 Å². The molecule has 0 heterocycles. The van der Waals surface area contributed by atoms with Gasteiger partial charge in [-0.15, -0.1) is 0 Å². The van der Waals surface area contributed by atoms with E-state index in [2.05, 4.69) is 21.2 Å². The summed E-state index contributed by atoms with van der Waals surface area (Å²) in [6, 6.07) is 11.1. The van der Waals surface area contributed by atoms with Crippen LogP contribution in [0.2, 0.25) is 0 Å². The van der Waals surface area contributed by atoms with Crippen molar-refractivity contribution in [3.05, 3.63) is 69.7 Å². The third kappa shape index (κ3) is 3.44. The molecule has 0 aliphatic carbocycles. The summed E-state index contributed by atoms with van der Waals surface area (Å²) in [6.07, 6.45) is 0. The van der Waals surface area contributed by atoms with Crippen LogP contribution in [-0.4, -0.2) is 0 Å². The molecule has 1 N–H and O–H groups in total. The van der Waals surface area contributed by atoms with Gasteiger partial charge in [-0.05, 0) is 43.7 Å². The molecule has 0 fully saturated rings. The van der Waals surface area contributed by atoms with Crippen molar-refractivity contribution >= 4 is 15.9 Å². The van der Waals surface area contributed by atoms with Crippen LogP contribution in [0.1, 0.15) is 37.1 Å². The highest BCUT2D eigenvalue weighted by molar-refractivity contribution is 9.10. The Bertz CT molecular complexity index is 601. The van der Waals surface area contributed by atoms with Crippen LogP contribution in [0, 0.1) is 11.6 Å². The first-order valence-electron chi connectivity index (χ1n) is 6.44. The fraction of sp³-hybridized carbons (Fsp3) is 0.250. The Morgan fingerprint density at radius 2 is 1.60 bits per heavy atom. The number of nitrogens with one attached hydrogen (secondary N) is 1. The molecule has 1 unspecified atom stereocenters. The normalized spacial score (nSPS) is 14.1. The lowest BCUT2D eigenvalue weighted by Crippen LogP contribution is -2.23. The van der Waals surface area contributed by atoms with E-state index in [-0.39, 0.29) is 12.1 Å². The van der Waals surface area contributed by atoms with Crippen molar-refractivity contribution in [2.45, 2.75) is 25.9 Å². The third-order valence-electron chi connectivity index (χ3n) is 3.30. The SMILES string of the molecule is CC(N[C@H](C)c1ccccc1Br)c1cc(F)ccc1F. The van der Waals surface area contributed by atoms with E-state index in [0.717, 1.165) is 22.2 Å². The summed E-state index contributed by atoms with van der Waals surface area (Å²) in [5, 5.41) is 3.28. The Morgan fingerprint density at radius 3 is 2.30 bits per heavy atom. The van der Waals surface area contributed by atoms with Crippen molar-refractivity contribution in [3.63, 3.8) is 0 Å². The molecule has 0 aliphatic heterocycles. The van der Waals surface area contributed by atoms with Gasteiger partial charge in [0, 0.05) is 22.1 Å². The third-order valence-corrected chi connectivity index (χ3v) is 4.02. The highest BCUT2D eigenvalue weighted by atomic mass is 79.9. The van der Waals surface area contributed by atoms with E-state index in [1.807, 2.05) is 38.1 Å². The average Bonchev–Trinajstić information content (AvgIpc) is 2.41. The van der Waals surface area contributed by atoms with Crippen molar-refractivity contribution in [1.29, 1.82) is 0 Å². The molecule has 0 aliphatic rings. The molecule has 2 atom stereocenters. The van der Waals surface area contributed by atoms with Gasteiger partial charge in [-0.3, -0.25) is 0 Å². The molecule has 4 heteroatoms. The lowest BCUT2D eigenvalue weighted by atomic mass is 10.0. The summed E-state index contributed by atoms with van der Waals surface area (Å²) in [5.74, 6) is -0.825. The second kappa shape index (κ2) is 6.46. The Kier molecular flexibility index (Phi) is 4.89. The summed E-state index contributed by atoms with van der Waals surface area (Å²) in [4.78, 5) is 0. The van der Waals surface area contributed by atoms with Crippen LogP contribution in [-0.2, 0) is 0 Å². The Morgan fingerprint density at radius 1 is 0.950 bits per heavy atom. The second-order valence-corrected chi connectivity index (χ2v) is 5.65. The molecule has 0 saturated carbocycles. The molecular weight excluding hydrogens is 324 g/mol. The molecule has 0 spiro atoms. The fourth-order valence-electron chi connectivity index (χ4n) is 2.23. The molecule has 106 valence electrons. The minimum Gasteiger partial charge on any atom is -0.304 e. The molecule has 2 rings (SSSR count). The second-order valence-electron chi connectivity index (χ2n) is 4.80. The van der Waals surface area contributed by atoms with Gasteiger partial charge in [0.2, 0.25) is 0 Å². The van der Waals surface area contributed by atoms with Crippen molar-refractivity contribution in [2.24, 2.45) is 0 Å². The van der Waals surface area contributed by atoms with Crippen LogP contribution in [0.4, 0.5) is 8.78 Å². The maximum Gasteiger partial charge on any atom is 0.128 e. The van der Waals surface area contributed by atoms with Gasteiger partial charge in [0.15, 0.2) is 0 Å². The summed E-state index contributed by atoms with van der Waals surface area (Å²) in [5.41, 5.74) is 1.42. The minimum absolute atomic E-state index is 0.0169. The van der Waals surface area contributed by atoms with Gasteiger partial charge >= 0.3 is 0 Å². The van der Waals surface area contributed by atoms with Gasteiger partial charge in [-0.1, -0.05) is 34.1 Å². The molecule has 0 amide bonds. The number of hydrogen-bond donors (Lipinski definition) is 1. The molecule has 0 aromatic heterocycles. The first-order valence-corrected chi connectivity index (χ1v) is 7.23. The molecule has 2 aromatic carbocycles. The highest BCUT2D eigenvalue weighted by Gasteiger charge is 2.16. The van der Waals surface area contributed by atoms with Crippen molar-refractivity contribution in [1.82, 2.24) is 5.32 Å². The predicted molar refractivity (Wildman–Crippen MR) is 80.5 cm³/mol. The van der Waals surface area contributed by atoms with Crippen LogP contribution in [0.3, 0.4) is 0 Å². The summed E-state index contributed by atoms with van der Waals surface area (Å²) >= 11 is 3.50. The zero-order valence-electron chi connectivity index (χ0n) is 11.3. The summed E-state index contributed by atoms with van der Waals surface area (Å²) in [7, 11) is 0. The smallest absolute Gasteiger partial charge is 0.128 e. The lowest BCUT2D eigenvalue weighted by Gasteiger charge is -2.22. The van der Waals surface area contributed by atoms with Crippen LogP contribution in [0.25, 0.3) is 0 Å². The highest BCUT2D eigenvalue weighted by Crippen LogP contribution is 2.26. The zero-order chi connectivity index (χ0) is 14.7. The van der Waals surface area contributed by atoms with Crippen LogP contribution in [0.15, 0.2) is 46.9 Å². The lowest BCUT2D eigenvalue weighted by molar-refractivity contribution is 0.469. The van der Waals surface area contributed by atoms with Crippen molar-refractivity contribution in [3.8, 4) is 0 Å². The molecule has 0 bridgehead atoms. The largest absolute Gasteiger partial charge is 0.304 e. The Labute approximate surface area is 126 Å². The van der Waals surface area contributed by atoms with E-state index in [0.29, 0.717) is 5.56 Å². The molecule has 1 nitrogen and oxygen atoms in total. The molecule has 0 radical (unpaired) electrons. The maximum absolute atomic E-state index is 13.7. The monoisotopic (exact) mass is 339 g/mol. The van der Waals surface area contributed by atoms with Gasteiger partial charge in [0.25, 0.3) is 0 Å². The van der Waals surface area contributed by atoms with Crippen LogP contribution < -0.4 is 5.32 Å². The van der Waals surface area contributed by atoms with Crippen molar-refractivity contribution < 1.29 is 8.78 Å². The molecule has 0 saturated heterocycles. The van der Waals surface area contributed by atoms with Gasteiger partial charge in [-0.25, -0.2) is 8.78 Å². The topological polar surface area (TPSA) is 12.0 Å².